The second-order valence-electron chi connectivity index (χ2n) is 2.82. The maximum atomic E-state index is 11.7. The van der Waals surface area contributed by atoms with E-state index in [0.717, 1.165) is 4.47 Å². The molecule has 0 fully saturated rings. The number of hydrogen-bond acceptors (Lipinski definition) is 5. The molecule has 88 valence electrons. The summed E-state index contributed by atoms with van der Waals surface area (Å²) in [6, 6.07) is 1.84. The molecular weight excluding hydrogens is 312 g/mol. The molecule has 1 rings (SSSR count). The van der Waals surface area contributed by atoms with E-state index in [9.17, 15) is 9.59 Å². The number of hydrogen-bond donors (Lipinski definition) is 0. The van der Waals surface area contributed by atoms with Crippen molar-refractivity contribution in [3.8, 4) is 0 Å². The van der Waals surface area contributed by atoms with Crippen molar-refractivity contribution >= 4 is 50.8 Å². The summed E-state index contributed by atoms with van der Waals surface area (Å²) in [7, 11) is 0. The second-order valence-corrected chi connectivity index (χ2v) is 5.57. The van der Waals surface area contributed by atoms with Gasteiger partial charge in [0, 0.05) is 4.47 Å². The van der Waals surface area contributed by atoms with Gasteiger partial charge in [0.25, 0.3) is 0 Å². The van der Waals surface area contributed by atoms with Crippen LogP contribution in [0.2, 0.25) is 0 Å². The topological polar surface area (TPSA) is 43.4 Å². The number of thiophene rings is 1. The van der Waals surface area contributed by atoms with Gasteiger partial charge in [-0.25, -0.2) is 0 Å². The van der Waals surface area contributed by atoms with Crippen molar-refractivity contribution in [3.63, 3.8) is 0 Å². The third-order valence-corrected chi connectivity index (χ3v) is 4.41. The van der Waals surface area contributed by atoms with Crippen LogP contribution in [0.3, 0.4) is 0 Å². The highest BCUT2D eigenvalue weighted by Gasteiger charge is 2.12. The molecule has 0 bridgehead atoms. The molecule has 0 amide bonds. The van der Waals surface area contributed by atoms with Gasteiger partial charge in [-0.1, -0.05) is 0 Å². The van der Waals surface area contributed by atoms with E-state index < -0.39 is 0 Å². The van der Waals surface area contributed by atoms with Crippen LogP contribution in [-0.4, -0.2) is 29.9 Å². The number of carbonyl (C=O) groups excluding carboxylic acids is 2. The first kappa shape index (κ1) is 13.7. The highest BCUT2D eigenvalue weighted by atomic mass is 79.9. The molecule has 0 aliphatic rings. The van der Waals surface area contributed by atoms with Crippen molar-refractivity contribution < 1.29 is 14.3 Å². The quantitative estimate of drug-likeness (QED) is 0.596. The zero-order valence-electron chi connectivity index (χ0n) is 8.70. The van der Waals surface area contributed by atoms with Crippen LogP contribution in [0.15, 0.2) is 15.9 Å². The summed E-state index contributed by atoms with van der Waals surface area (Å²) in [5.41, 5.74) is 0. The number of thioether (sulfide) groups is 1. The maximum absolute atomic E-state index is 11.7. The molecule has 0 aromatic carbocycles. The highest BCUT2D eigenvalue weighted by Crippen LogP contribution is 2.24. The van der Waals surface area contributed by atoms with Crippen LogP contribution in [0.5, 0.6) is 0 Å². The molecule has 0 atom stereocenters. The zero-order chi connectivity index (χ0) is 12.0. The normalized spacial score (nSPS) is 10.1. The van der Waals surface area contributed by atoms with Gasteiger partial charge in [0.15, 0.2) is 5.78 Å². The van der Waals surface area contributed by atoms with E-state index in [1.165, 1.54) is 23.1 Å². The van der Waals surface area contributed by atoms with Gasteiger partial charge >= 0.3 is 5.97 Å². The Morgan fingerprint density at radius 3 is 2.81 bits per heavy atom. The van der Waals surface area contributed by atoms with Crippen LogP contribution in [-0.2, 0) is 9.53 Å². The van der Waals surface area contributed by atoms with E-state index in [4.69, 9.17) is 4.74 Å². The summed E-state index contributed by atoms with van der Waals surface area (Å²) in [6.07, 6.45) is 0. The number of ether oxygens (including phenoxy) is 1. The van der Waals surface area contributed by atoms with Gasteiger partial charge in [-0.3, -0.25) is 9.59 Å². The molecule has 3 nitrogen and oxygen atoms in total. The average molecular weight is 323 g/mol. The fourth-order valence-corrected chi connectivity index (χ4v) is 3.29. The van der Waals surface area contributed by atoms with Gasteiger partial charge in [-0.05, 0) is 34.3 Å². The summed E-state index contributed by atoms with van der Waals surface area (Å²) in [5, 5.41) is 1.85. The molecule has 0 aliphatic carbocycles. The molecule has 0 spiro atoms. The molecule has 0 saturated heterocycles. The van der Waals surface area contributed by atoms with E-state index >= 15 is 0 Å². The molecule has 0 aliphatic heterocycles. The number of halogens is 1. The Morgan fingerprint density at radius 1 is 1.50 bits per heavy atom. The van der Waals surface area contributed by atoms with Crippen molar-refractivity contribution in [3.05, 3.63) is 20.8 Å². The Kier molecular flexibility index (Phi) is 6.08. The largest absolute Gasteiger partial charge is 0.465 e. The first-order valence-electron chi connectivity index (χ1n) is 4.64. The molecular formula is C10H11BrO3S2. The average Bonchev–Trinajstić information content (AvgIpc) is 2.64. The van der Waals surface area contributed by atoms with Crippen molar-refractivity contribution in [2.45, 2.75) is 6.92 Å². The fraction of sp³-hybridized carbons (Fsp3) is 0.400. The molecule has 1 aromatic rings. The zero-order valence-corrected chi connectivity index (χ0v) is 11.9. The lowest BCUT2D eigenvalue weighted by molar-refractivity contribution is -0.139. The lowest BCUT2D eigenvalue weighted by Gasteiger charge is -2.01. The number of ketones is 1. The summed E-state index contributed by atoms with van der Waals surface area (Å²) in [5.74, 6) is 0.294. The van der Waals surface area contributed by atoms with Gasteiger partial charge in [0.05, 0.1) is 23.0 Å². The van der Waals surface area contributed by atoms with Crippen LogP contribution in [0.4, 0.5) is 0 Å². The summed E-state index contributed by atoms with van der Waals surface area (Å²) >= 11 is 5.98. The minimum Gasteiger partial charge on any atom is -0.465 e. The standard InChI is InChI=1S/C10H11BrO3S2/c1-2-14-9(13)6-15-5-8(12)10-7(11)3-4-16-10/h3-4H,2,5-6H2,1H3. The maximum Gasteiger partial charge on any atom is 0.315 e. The van der Waals surface area contributed by atoms with Crippen LogP contribution in [0.1, 0.15) is 16.6 Å². The van der Waals surface area contributed by atoms with E-state index in [0.29, 0.717) is 17.2 Å². The van der Waals surface area contributed by atoms with Crippen molar-refractivity contribution in [1.82, 2.24) is 0 Å². The highest BCUT2D eigenvalue weighted by molar-refractivity contribution is 9.10. The smallest absolute Gasteiger partial charge is 0.315 e. The summed E-state index contributed by atoms with van der Waals surface area (Å²) in [6.45, 7) is 2.14. The van der Waals surface area contributed by atoms with Crippen molar-refractivity contribution in [1.29, 1.82) is 0 Å². The van der Waals surface area contributed by atoms with E-state index in [1.807, 2.05) is 11.4 Å². The monoisotopic (exact) mass is 322 g/mol. The lowest BCUT2D eigenvalue weighted by Crippen LogP contribution is -2.09. The Balaban J connectivity index is 2.31. The number of Topliss-reactive ketones (excluding diaryl/α,β-unsaturated/α-hetero) is 1. The minimum atomic E-state index is -0.273. The van der Waals surface area contributed by atoms with Crippen molar-refractivity contribution in [2.75, 3.05) is 18.1 Å². The Bertz CT molecular complexity index is 376. The Labute approximate surface area is 111 Å². The Hall–Kier alpha value is -0.330. The molecule has 0 N–H and O–H groups in total. The Morgan fingerprint density at radius 2 is 2.25 bits per heavy atom. The van der Waals surface area contributed by atoms with Crippen LogP contribution >= 0.6 is 39.0 Å². The lowest BCUT2D eigenvalue weighted by atomic mass is 10.3. The van der Waals surface area contributed by atoms with Gasteiger partial charge in [-0.15, -0.1) is 23.1 Å². The second kappa shape index (κ2) is 7.09. The molecule has 1 aromatic heterocycles. The number of carbonyl (C=O) groups is 2. The van der Waals surface area contributed by atoms with Gasteiger partial charge < -0.3 is 4.74 Å². The first-order chi connectivity index (χ1) is 7.65. The van der Waals surface area contributed by atoms with Crippen LogP contribution in [0.25, 0.3) is 0 Å². The van der Waals surface area contributed by atoms with Crippen molar-refractivity contribution in [2.24, 2.45) is 0 Å². The first-order valence-corrected chi connectivity index (χ1v) is 7.47. The van der Waals surface area contributed by atoms with Gasteiger partial charge in [-0.2, -0.15) is 0 Å². The summed E-state index contributed by atoms with van der Waals surface area (Å²) < 4.78 is 5.58. The third kappa shape index (κ3) is 4.27. The fourth-order valence-electron chi connectivity index (χ4n) is 0.988. The number of esters is 1. The van der Waals surface area contributed by atoms with Crippen LogP contribution < -0.4 is 0 Å². The third-order valence-electron chi connectivity index (χ3n) is 1.63. The van der Waals surface area contributed by atoms with Gasteiger partial charge in [0.1, 0.15) is 0 Å². The predicted molar refractivity (Wildman–Crippen MR) is 70.3 cm³/mol. The minimum absolute atomic E-state index is 0.0381. The molecule has 0 saturated carbocycles. The SMILES string of the molecule is CCOC(=O)CSCC(=O)c1sccc1Br. The van der Waals surface area contributed by atoms with Gasteiger partial charge in [0.2, 0.25) is 0 Å². The van der Waals surface area contributed by atoms with E-state index in [2.05, 4.69) is 15.9 Å². The predicted octanol–water partition coefficient (Wildman–Crippen LogP) is 2.99. The summed E-state index contributed by atoms with van der Waals surface area (Å²) in [4.78, 5) is 23.4. The number of rotatable bonds is 6. The molecule has 6 heteroatoms. The molecule has 16 heavy (non-hydrogen) atoms. The molecule has 0 radical (unpaired) electrons. The van der Waals surface area contributed by atoms with E-state index in [-0.39, 0.29) is 17.5 Å². The van der Waals surface area contributed by atoms with E-state index in [1.54, 1.807) is 6.92 Å². The molecule has 0 unspecified atom stereocenters. The van der Waals surface area contributed by atoms with Crippen LogP contribution in [0, 0.1) is 0 Å². The molecule has 1 heterocycles.